The molecule has 32 heavy (non-hydrogen) atoms. The van der Waals surface area contributed by atoms with E-state index in [2.05, 4.69) is 62.3 Å². The normalized spacial score (nSPS) is 18.4. The molecule has 1 fully saturated rings. The van der Waals surface area contributed by atoms with E-state index in [9.17, 15) is 4.79 Å². The van der Waals surface area contributed by atoms with Gasteiger partial charge in [-0.25, -0.2) is 4.99 Å². The highest BCUT2D eigenvalue weighted by molar-refractivity contribution is 8.16. The Kier molecular flexibility index (Phi) is 6.54. The summed E-state index contributed by atoms with van der Waals surface area (Å²) in [6.45, 7) is 8.62. The van der Waals surface area contributed by atoms with Crippen LogP contribution in [0, 0.1) is 0 Å². The minimum atomic E-state index is -0.386. The zero-order chi connectivity index (χ0) is 22.8. The average molecular weight is 449 g/mol. The molecule has 0 aromatic heterocycles. The first-order chi connectivity index (χ1) is 15.2. The predicted octanol–water partition coefficient (Wildman–Crippen LogP) is 4.98. The van der Waals surface area contributed by atoms with Crippen LogP contribution >= 0.6 is 11.8 Å². The second-order valence-corrected chi connectivity index (χ2v) is 10.7. The van der Waals surface area contributed by atoms with Crippen LogP contribution < -0.4 is 5.32 Å². The van der Waals surface area contributed by atoms with Gasteiger partial charge in [0, 0.05) is 37.2 Å². The molecule has 6 heteroatoms. The van der Waals surface area contributed by atoms with Gasteiger partial charge in [-0.1, -0.05) is 75.0 Å². The van der Waals surface area contributed by atoms with Gasteiger partial charge in [-0.3, -0.25) is 9.79 Å². The molecule has 2 aromatic rings. The maximum absolute atomic E-state index is 12.5. The number of hydrogen-bond acceptors (Lipinski definition) is 5. The topological polar surface area (TPSA) is 57.1 Å². The molecule has 0 aliphatic carbocycles. The maximum Gasteiger partial charge on any atom is 0.234 e. The molecule has 2 aliphatic rings. The van der Waals surface area contributed by atoms with Crippen LogP contribution in [0.4, 0.5) is 5.69 Å². The molecule has 4 rings (SSSR count). The van der Waals surface area contributed by atoms with Crippen molar-refractivity contribution in [2.75, 3.05) is 31.2 Å². The first-order valence-corrected chi connectivity index (χ1v) is 12.2. The van der Waals surface area contributed by atoms with E-state index in [0.29, 0.717) is 5.75 Å². The number of nitrogens with zero attached hydrogens (tertiary/aromatic N) is 3. The van der Waals surface area contributed by atoms with E-state index in [4.69, 9.17) is 9.98 Å². The Morgan fingerprint density at radius 2 is 1.69 bits per heavy atom. The minimum Gasteiger partial charge on any atom is -0.325 e. The Bertz CT molecular complexity index is 1010. The minimum absolute atomic E-state index is 0.0318. The lowest BCUT2D eigenvalue weighted by molar-refractivity contribution is -0.113. The number of rotatable bonds is 4. The van der Waals surface area contributed by atoms with Crippen molar-refractivity contribution in [1.82, 2.24) is 4.90 Å². The zero-order valence-electron chi connectivity index (χ0n) is 19.4. The number of piperidine rings is 1. The summed E-state index contributed by atoms with van der Waals surface area (Å²) < 4.78 is 0. The van der Waals surface area contributed by atoms with Gasteiger partial charge in [0.15, 0.2) is 5.66 Å². The number of para-hydroxylation sites is 1. The number of nitrogens with one attached hydrogen (secondary N) is 1. The molecule has 5 nitrogen and oxygen atoms in total. The first kappa shape index (κ1) is 22.7. The maximum atomic E-state index is 12.5. The van der Waals surface area contributed by atoms with Crippen molar-refractivity contribution in [2.24, 2.45) is 9.98 Å². The molecule has 168 valence electrons. The number of benzene rings is 2. The number of carbonyl (C=O) groups excluding carboxylic acids is 1. The largest absolute Gasteiger partial charge is 0.325 e. The lowest BCUT2D eigenvalue weighted by Crippen LogP contribution is -2.39. The SMILES string of the molecule is CN1CCC2(CC1)N=C(SCC(=O)Nc1ccccc1)C(c1ccc(C(C)(C)C)cc1)=N2. The third-order valence-corrected chi connectivity index (χ3v) is 7.01. The Morgan fingerprint density at radius 3 is 2.31 bits per heavy atom. The van der Waals surface area contributed by atoms with E-state index in [1.54, 1.807) is 0 Å². The third kappa shape index (κ3) is 5.30. The van der Waals surface area contributed by atoms with Gasteiger partial charge in [0.05, 0.1) is 11.5 Å². The van der Waals surface area contributed by atoms with Crippen LogP contribution in [0.15, 0.2) is 64.6 Å². The summed E-state index contributed by atoms with van der Waals surface area (Å²) in [5.41, 5.74) is 3.82. The summed E-state index contributed by atoms with van der Waals surface area (Å²) in [6.07, 6.45) is 1.82. The van der Waals surface area contributed by atoms with Gasteiger partial charge in [0.1, 0.15) is 5.04 Å². The van der Waals surface area contributed by atoms with Crippen LogP contribution in [-0.4, -0.2) is 53.1 Å². The van der Waals surface area contributed by atoms with E-state index >= 15 is 0 Å². The molecule has 2 aliphatic heterocycles. The van der Waals surface area contributed by atoms with Gasteiger partial charge < -0.3 is 10.2 Å². The smallest absolute Gasteiger partial charge is 0.234 e. The van der Waals surface area contributed by atoms with Crippen LogP contribution in [0.1, 0.15) is 44.7 Å². The molecule has 2 heterocycles. The van der Waals surface area contributed by atoms with Gasteiger partial charge in [-0.05, 0) is 30.2 Å². The summed E-state index contributed by atoms with van der Waals surface area (Å²) in [6, 6.07) is 18.2. The fourth-order valence-electron chi connectivity index (χ4n) is 3.99. The van der Waals surface area contributed by atoms with Crippen LogP contribution in [0.5, 0.6) is 0 Å². The lowest BCUT2D eigenvalue weighted by atomic mass is 9.86. The summed E-state index contributed by atoms with van der Waals surface area (Å²) >= 11 is 1.49. The number of hydrogen-bond donors (Lipinski definition) is 1. The van der Waals surface area contributed by atoms with Crippen LogP contribution in [0.3, 0.4) is 0 Å². The Morgan fingerprint density at radius 1 is 1.03 bits per heavy atom. The van der Waals surface area contributed by atoms with Crippen molar-refractivity contribution in [1.29, 1.82) is 0 Å². The van der Waals surface area contributed by atoms with Crippen LogP contribution in [0.25, 0.3) is 0 Å². The summed E-state index contributed by atoms with van der Waals surface area (Å²) in [5.74, 6) is 0.277. The molecular formula is C26H32N4OS. The number of amides is 1. The fraction of sp³-hybridized carbons (Fsp3) is 0.423. The number of anilines is 1. The molecule has 1 saturated heterocycles. The van der Waals surface area contributed by atoms with Crippen molar-refractivity contribution < 1.29 is 4.79 Å². The highest BCUT2D eigenvalue weighted by Gasteiger charge is 2.39. The average Bonchev–Trinajstić information content (AvgIpc) is 3.13. The molecule has 0 saturated carbocycles. The number of thioether (sulfide) groups is 1. The monoisotopic (exact) mass is 448 g/mol. The standard InChI is InChI=1S/C26H32N4OS/c1-25(2,3)20-12-10-19(11-13-20)23-24(29-26(28-23)14-16-30(4)17-15-26)32-18-22(31)27-21-8-6-5-7-9-21/h5-13H,14-18H2,1-4H3,(H,27,31). The van der Waals surface area contributed by atoms with Crippen molar-refractivity contribution in [3.8, 4) is 0 Å². The fourth-order valence-corrected chi connectivity index (χ4v) is 4.87. The van der Waals surface area contributed by atoms with Crippen molar-refractivity contribution in [2.45, 2.75) is 44.7 Å². The highest BCUT2D eigenvalue weighted by atomic mass is 32.2. The second kappa shape index (κ2) is 9.20. The van der Waals surface area contributed by atoms with Crippen LogP contribution in [-0.2, 0) is 10.2 Å². The van der Waals surface area contributed by atoms with Crippen molar-refractivity contribution >= 4 is 34.1 Å². The molecule has 0 unspecified atom stereocenters. The number of carbonyl (C=O) groups is 1. The molecule has 1 spiro atoms. The van der Waals surface area contributed by atoms with E-state index in [0.717, 1.165) is 47.9 Å². The van der Waals surface area contributed by atoms with Gasteiger partial charge in [0.2, 0.25) is 5.91 Å². The molecule has 0 atom stereocenters. The second-order valence-electron chi connectivity index (χ2n) is 9.69. The Labute approximate surface area is 195 Å². The molecule has 0 bridgehead atoms. The van der Waals surface area contributed by atoms with Gasteiger partial charge in [0.25, 0.3) is 0 Å². The summed E-state index contributed by atoms with van der Waals surface area (Å²) in [7, 11) is 2.14. The molecule has 0 radical (unpaired) electrons. The molecule has 1 N–H and O–H groups in total. The number of likely N-dealkylation sites (tertiary alicyclic amines) is 1. The summed E-state index contributed by atoms with van der Waals surface area (Å²) in [5, 5.41) is 3.84. The zero-order valence-corrected chi connectivity index (χ0v) is 20.2. The highest BCUT2D eigenvalue weighted by Crippen LogP contribution is 2.35. The van der Waals surface area contributed by atoms with Crippen LogP contribution in [0.2, 0.25) is 0 Å². The van der Waals surface area contributed by atoms with E-state index in [1.165, 1.54) is 17.3 Å². The van der Waals surface area contributed by atoms with E-state index < -0.39 is 0 Å². The van der Waals surface area contributed by atoms with E-state index in [1.807, 2.05) is 30.3 Å². The van der Waals surface area contributed by atoms with Gasteiger partial charge >= 0.3 is 0 Å². The number of aliphatic imine (C=N–C) groups is 2. The Balaban J connectivity index is 1.54. The third-order valence-electron chi connectivity index (χ3n) is 6.04. The molecular weight excluding hydrogens is 416 g/mol. The lowest BCUT2D eigenvalue weighted by Gasteiger charge is -2.33. The quantitative estimate of drug-likeness (QED) is 0.718. The Hall–Kier alpha value is -2.44. The molecule has 2 aromatic carbocycles. The summed E-state index contributed by atoms with van der Waals surface area (Å²) in [4.78, 5) is 25.1. The van der Waals surface area contributed by atoms with Gasteiger partial charge in [-0.15, -0.1) is 0 Å². The predicted molar refractivity (Wildman–Crippen MR) is 136 cm³/mol. The van der Waals surface area contributed by atoms with Gasteiger partial charge in [-0.2, -0.15) is 0 Å². The van der Waals surface area contributed by atoms with Crippen molar-refractivity contribution in [3.63, 3.8) is 0 Å². The molecule has 1 amide bonds. The van der Waals surface area contributed by atoms with E-state index in [-0.39, 0.29) is 17.0 Å². The van der Waals surface area contributed by atoms with Crippen molar-refractivity contribution in [3.05, 3.63) is 65.7 Å². The first-order valence-electron chi connectivity index (χ1n) is 11.2.